The highest BCUT2D eigenvalue weighted by Gasteiger charge is 2.39. The molecule has 1 fully saturated rings. The summed E-state index contributed by atoms with van der Waals surface area (Å²) in [4.78, 5) is 24.5. The van der Waals surface area contributed by atoms with E-state index in [1.54, 1.807) is 0 Å². The summed E-state index contributed by atoms with van der Waals surface area (Å²) in [5.74, 6) is -1.22. The first kappa shape index (κ1) is 10.1. The standard InChI is InChI=1S/C6H8N4O4/c7-9-8-3-1-4(5(11)12)10(2-3)6(13)14/h3-4H,1-2H2,(H,11,12)(H,13,14)/t3-,4+/m0/s1. The number of likely N-dealkylation sites (tertiary alicyclic amines) is 1. The summed E-state index contributed by atoms with van der Waals surface area (Å²) >= 11 is 0. The van der Waals surface area contributed by atoms with Gasteiger partial charge in [0.25, 0.3) is 0 Å². The minimum absolute atomic E-state index is 0.0334. The fourth-order valence-electron chi connectivity index (χ4n) is 1.42. The largest absolute Gasteiger partial charge is 0.480 e. The molecular formula is C6H8N4O4. The molecule has 2 atom stereocenters. The summed E-state index contributed by atoms with van der Waals surface area (Å²) in [6.07, 6.45) is -1.28. The Labute approximate surface area is 78.4 Å². The van der Waals surface area contributed by atoms with E-state index in [1.165, 1.54) is 0 Å². The predicted molar refractivity (Wildman–Crippen MR) is 43.7 cm³/mol. The zero-order chi connectivity index (χ0) is 10.7. The second kappa shape index (κ2) is 3.84. The fraction of sp³-hybridized carbons (Fsp3) is 0.667. The normalized spacial score (nSPS) is 25.6. The van der Waals surface area contributed by atoms with Crippen LogP contribution in [0.25, 0.3) is 10.4 Å². The van der Waals surface area contributed by atoms with Crippen LogP contribution in [0.5, 0.6) is 0 Å². The molecule has 0 aromatic rings. The van der Waals surface area contributed by atoms with Crippen molar-refractivity contribution >= 4 is 12.1 Å². The zero-order valence-corrected chi connectivity index (χ0v) is 7.07. The van der Waals surface area contributed by atoms with E-state index in [1.807, 2.05) is 0 Å². The summed E-state index contributed by atoms with van der Waals surface area (Å²) in [6.45, 7) is -0.0592. The molecule has 2 N–H and O–H groups in total. The van der Waals surface area contributed by atoms with E-state index in [0.29, 0.717) is 0 Å². The highest BCUT2D eigenvalue weighted by molar-refractivity contribution is 5.80. The lowest BCUT2D eigenvalue weighted by Crippen LogP contribution is -2.39. The average molecular weight is 200 g/mol. The number of rotatable bonds is 2. The quantitative estimate of drug-likeness (QED) is 0.382. The van der Waals surface area contributed by atoms with E-state index in [-0.39, 0.29) is 13.0 Å². The van der Waals surface area contributed by atoms with Crippen LogP contribution in [0.4, 0.5) is 4.79 Å². The van der Waals surface area contributed by atoms with Gasteiger partial charge in [0.1, 0.15) is 6.04 Å². The van der Waals surface area contributed by atoms with Gasteiger partial charge in [-0.2, -0.15) is 0 Å². The van der Waals surface area contributed by atoms with Crippen LogP contribution in [0.2, 0.25) is 0 Å². The maximum atomic E-state index is 10.6. The first-order valence-corrected chi connectivity index (χ1v) is 3.83. The molecule has 1 heterocycles. The Kier molecular flexibility index (Phi) is 2.78. The third-order valence-corrected chi connectivity index (χ3v) is 2.02. The molecule has 14 heavy (non-hydrogen) atoms. The Morgan fingerprint density at radius 3 is 2.50 bits per heavy atom. The number of carbonyl (C=O) groups is 2. The molecule has 0 unspecified atom stereocenters. The van der Waals surface area contributed by atoms with Crippen molar-refractivity contribution in [2.45, 2.75) is 18.5 Å². The molecule has 0 aromatic carbocycles. The molecule has 8 heteroatoms. The highest BCUT2D eigenvalue weighted by atomic mass is 16.4. The molecule has 8 nitrogen and oxygen atoms in total. The van der Waals surface area contributed by atoms with E-state index < -0.39 is 24.1 Å². The number of carboxylic acid groups (broad SMARTS) is 2. The van der Waals surface area contributed by atoms with Crippen LogP contribution in [0.15, 0.2) is 5.11 Å². The smallest absolute Gasteiger partial charge is 0.408 e. The SMILES string of the molecule is [N-]=[N+]=N[C@H]1C[C@H](C(=O)O)N(C(=O)O)C1. The van der Waals surface area contributed by atoms with E-state index in [2.05, 4.69) is 10.0 Å². The van der Waals surface area contributed by atoms with Crippen molar-refractivity contribution in [2.75, 3.05) is 6.54 Å². The number of nitrogens with zero attached hydrogens (tertiary/aromatic N) is 4. The Hall–Kier alpha value is -1.95. The molecule has 1 aliphatic rings. The fourth-order valence-corrected chi connectivity index (χ4v) is 1.42. The van der Waals surface area contributed by atoms with Crippen LogP contribution >= 0.6 is 0 Å². The number of hydrogen-bond acceptors (Lipinski definition) is 3. The highest BCUT2D eigenvalue weighted by Crippen LogP contribution is 2.20. The van der Waals surface area contributed by atoms with Crippen LogP contribution in [0.3, 0.4) is 0 Å². The van der Waals surface area contributed by atoms with Gasteiger partial charge in [-0.15, -0.1) is 0 Å². The molecular weight excluding hydrogens is 192 g/mol. The predicted octanol–water partition coefficient (Wildman–Crippen LogP) is 0.502. The van der Waals surface area contributed by atoms with Gasteiger partial charge in [0.05, 0.1) is 6.04 Å². The Morgan fingerprint density at radius 2 is 2.14 bits per heavy atom. The van der Waals surface area contributed by atoms with Crippen molar-refractivity contribution in [3.63, 3.8) is 0 Å². The summed E-state index contributed by atoms with van der Waals surface area (Å²) in [5.41, 5.74) is 8.12. The average Bonchev–Trinajstić information content (AvgIpc) is 2.49. The minimum atomic E-state index is -1.31. The summed E-state index contributed by atoms with van der Waals surface area (Å²) < 4.78 is 0. The topological polar surface area (TPSA) is 127 Å². The molecule has 0 radical (unpaired) electrons. The number of carboxylic acids is 1. The van der Waals surface area contributed by atoms with Crippen molar-refractivity contribution in [1.82, 2.24) is 4.90 Å². The number of amides is 1. The molecule has 1 aliphatic heterocycles. The molecule has 1 amide bonds. The van der Waals surface area contributed by atoms with Crippen LogP contribution in [0.1, 0.15) is 6.42 Å². The van der Waals surface area contributed by atoms with Gasteiger partial charge >= 0.3 is 12.1 Å². The monoisotopic (exact) mass is 200 g/mol. The molecule has 0 aliphatic carbocycles. The van der Waals surface area contributed by atoms with Crippen molar-refractivity contribution in [1.29, 1.82) is 0 Å². The molecule has 1 saturated heterocycles. The first-order chi connectivity index (χ1) is 6.56. The van der Waals surface area contributed by atoms with Crippen LogP contribution in [-0.4, -0.2) is 45.8 Å². The summed E-state index contributed by atoms with van der Waals surface area (Å²) in [6, 6.07) is -1.69. The van der Waals surface area contributed by atoms with Crippen LogP contribution in [-0.2, 0) is 4.79 Å². The number of hydrogen-bond donors (Lipinski definition) is 2. The third-order valence-electron chi connectivity index (χ3n) is 2.02. The van der Waals surface area contributed by atoms with Crippen LogP contribution in [0, 0.1) is 0 Å². The zero-order valence-electron chi connectivity index (χ0n) is 7.07. The van der Waals surface area contributed by atoms with Gasteiger partial charge in [-0.05, 0) is 12.0 Å². The molecule has 1 rings (SSSR count). The molecule has 0 spiro atoms. The lowest BCUT2D eigenvalue weighted by Gasteiger charge is -2.16. The molecule has 0 aromatic heterocycles. The van der Waals surface area contributed by atoms with E-state index >= 15 is 0 Å². The lowest BCUT2D eigenvalue weighted by molar-refractivity contribution is -0.141. The molecule has 0 bridgehead atoms. The van der Waals surface area contributed by atoms with Gasteiger partial charge in [0, 0.05) is 11.5 Å². The second-order valence-electron chi connectivity index (χ2n) is 2.88. The van der Waals surface area contributed by atoms with E-state index in [0.717, 1.165) is 4.90 Å². The van der Waals surface area contributed by atoms with Crippen molar-refractivity contribution in [2.24, 2.45) is 5.11 Å². The Bertz CT molecular complexity index is 289. The lowest BCUT2D eigenvalue weighted by atomic mass is 10.2. The van der Waals surface area contributed by atoms with E-state index in [4.69, 9.17) is 15.7 Å². The first-order valence-electron chi connectivity index (χ1n) is 3.83. The van der Waals surface area contributed by atoms with E-state index in [9.17, 15) is 9.59 Å². The summed E-state index contributed by atoms with van der Waals surface area (Å²) in [7, 11) is 0. The molecule has 76 valence electrons. The van der Waals surface area contributed by atoms with Crippen LogP contribution < -0.4 is 0 Å². The molecule has 0 saturated carbocycles. The van der Waals surface area contributed by atoms with Gasteiger partial charge < -0.3 is 10.2 Å². The second-order valence-corrected chi connectivity index (χ2v) is 2.88. The van der Waals surface area contributed by atoms with Crippen molar-refractivity contribution in [3.8, 4) is 0 Å². The summed E-state index contributed by atoms with van der Waals surface area (Å²) in [5, 5.41) is 20.6. The van der Waals surface area contributed by atoms with Gasteiger partial charge in [0.15, 0.2) is 0 Å². The van der Waals surface area contributed by atoms with Gasteiger partial charge in [0.2, 0.25) is 0 Å². The van der Waals surface area contributed by atoms with Gasteiger partial charge in [-0.1, -0.05) is 5.11 Å². The number of aliphatic carboxylic acids is 1. The minimum Gasteiger partial charge on any atom is -0.480 e. The van der Waals surface area contributed by atoms with Gasteiger partial charge in [-0.25, -0.2) is 9.59 Å². The maximum absolute atomic E-state index is 10.6. The number of azide groups is 1. The maximum Gasteiger partial charge on any atom is 0.408 e. The third kappa shape index (κ3) is 1.86. The van der Waals surface area contributed by atoms with Gasteiger partial charge in [-0.3, -0.25) is 4.90 Å². The Morgan fingerprint density at radius 1 is 1.50 bits per heavy atom. The van der Waals surface area contributed by atoms with Crippen molar-refractivity contribution in [3.05, 3.63) is 10.4 Å². The Balaban J connectivity index is 2.79. The van der Waals surface area contributed by atoms with Crippen molar-refractivity contribution < 1.29 is 19.8 Å².